The second-order valence-corrected chi connectivity index (χ2v) is 5.03. The number of hydrogen-bond acceptors (Lipinski definition) is 1. The molecule has 0 spiro atoms. The summed E-state index contributed by atoms with van der Waals surface area (Å²) < 4.78 is 13.6. The summed E-state index contributed by atoms with van der Waals surface area (Å²) in [6.07, 6.45) is 0.352. The molecule has 1 N–H and O–H groups in total. The molecule has 0 heterocycles. The van der Waals surface area contributed by atoms with Crippen LogP contribution in [0.5, 0.6) is 0 Å². The third-order valence-corrected chi connectivity index (χ3v) is 2.62. The molecule has 1 aromatic carbocycles. The lowest BCUT2D eigenvalue weighted by molar-refractivity contribution is -0.139. The summed E-state index contributed by atoms with van der Waals surface area (Å²) in [4.78, 5) is 10.6. The fourth-order valence-corrected chi connectivity index (χ4v) is 1.87. The minimum atomic E-state index is -0.882. The second kappa shape index (κ2) is 4.83. The zero-order valence-corrected chi connectivity index (χ0v) is 10.0. The molecule has 0 saturated heterocycles. The summed E-state index contributed by atoms with van der Waals surface area (Å²) in [6, 6.07) is 4.77. The van der Waals surface area contributed by atoms with Crippen LogP contribution in [-0.4, -0.2) is 11.1 Å². The van der Waals surface area contributed by atoms with Gasteiger partial charge >= 0.3 is 5.97 Å². The maximum atomic E-state index is 13.6. The molecule has 0 atom stereocenters. The van der Waals surface area contributed by atoms with Gasteiger partial charge in [0.1, 0.15) is 5.82 Å². The lowest BCUT2D eigenvalue weighted by Gasteiger charge is -2.22. The van der Waals surface area contributed by atoms with Gasteiger partial charge in [-0.2, -0.15) is 0 Å². The largest absolute Gasteiger partial charge is 0.481 e. The Morgan fingerprint density at radius 3 is 2.69 bits per heavy atom. The first kappa shape index (κ1) is 13.0. The van der Waals surface area contributed by atoms with Crippen LogP contribution in [0.2, 0.25) is 5.02 Å². The van der Waals surface area contributed by atoms with Gasteiger partial charge in [-0.15, -0.1) is 0 Å². The maximum Gasteiger partial charge on any atom is 0.303 e. The number of carbonyl (C=O) groups is 1. The Balaban J connectivity index is 2.87. The van der Waals surface area contributed by atoms with Gasteiger partial charge in [-0.25, -0.2) is 4.39 Å². The summed E-state index contributed by atoms with van der Waals surface area (Å²) in [7, 11) is 0. The van der Waals surface area contributed by atoms with E-state index in [-0.39, 0.29) is 11.4 Å². The quantitative estimate of drug-likeness (QED) is 0.880. The molecule has 0 bridgehead atoms. The molecule has 0 fully saturated rings. The molecule has 4 heteroatoms. The molecule has 1 rings (SSSR count). The molecule has 0 aliphatic rings. The van der Waals surface area contributed by atoms with Crippen LogP contribution in [-0.2, 0) is 11.2 Å². The van der Waals surface area contributed by atoms with Crippen molar-refractivity contribution in [2.75, 3.05) is 0 Å². The van der Waals surface area contributed by atoms with E-state index in [1.165, 1.54) is 6.07 Å². The highest BCUT2D eigenvalue weighted by Crippen LogP contribution is 2.29. The Hall–Kier alpha value is -1.09. The Kier molecular flexibility index (Phi) is 3.92. The maximum absolute atomic E-state index is 13.6. The summed E-state index contributed by atoms with van der Waals surface area (Å²) in [5, 5.41) is 8.80. The fourth-order valence-electron chi connectivity index (χ4n) is 1.67. The van der Waals surface area contributed by atoms with Gasteiger partial charge in [-0.3, -0.25) is 4.79 Å². The second-order valence-electron chi connectivity index (χ2n) is 4.62. The molecule has 0 radical (unpaired) electrons. The lowest BCUT2D eigenvalue weighted by Crippen LogP contribution is -2.20. The number of carboxylic acids is 1. The van der Waals surface area contributed by atoms with Crippen LogP contribution >= 0.6 is 11.6 Å². The van der Waals surface area contributed by atoms with E-state index < -0.39 is 17.2 Å². The van der Waals surface area contributed by atoms with Crippen LogP contribution in [0.4, 0.5) is 4.39 Å². The molecular formula is C12H14ClFO2. The van der Waals surface area contributed by atoms with E-state index in [2.05, 4.69) is 0 Å². The minimum Gasteiger partial charge on any atom is -0.481 e. The number of aliphatic carboxylic acids is 1. The zero-order valence-electron chi connectivity index (χ0n) is 9.26. The van der Waals surface area contributed by atoms with Gasteiger partial charge in [0.15, 0.2) is 0 Å². The van der Waals surface area contributed by atoms with Crippen LogP contribution in [0.15, 0.2) is 18.2 Å². The van der Waals surface area contributed by atoms with Crippen molar-refractivity contribution in [1.82, 2.24) is 0 Å². The van der Waals surface area contributed by atoms with Gasteiger partial charge in [0, 0.05) is 0 Å². The van der Waals surface area contributed by atoms with Gasteiger partial charge < -0.3 is 5.11 Å². The van der Waals surface area contributed by atoms with E-state index in [1.807, 2.05) is 0 Å². The van der Waals surface area contributed by atoms with E-state index in [9.17, 15) is 9.18 Å². The van der Waals surface area contributed by atoms with Gasteiger partial charge in [0.25, 0.3) is 0 Å². The molecule has 16 heavy (non-hydrogen) atoms. The zero-order chi connectivity index (χ0) is 12.3. The molecule has 0 saturated carbocycles. The van der Waals surface area contributed by atoms with Crippen molar-refractivity contribution in [3.8, 4) is 0 Å². The van der Waals surface area contributed by atoms with Crippen molar-refractivity contribution in [2.24, 2.45) is 5.41 Å². The lowest BCUT2D eigenvalue weighted by atomic mass is 9.82. The standard InChI is InChI=1S/C12H14ClFO2/c1-12(2,7-10(15)16)6-8-4-3-5-9(13)11(8)14/h3-5H,6-7H2,1-2H3,(H,15,16). The van der Waals surface area contributed by atoms with Crippen LogP contribution in [0, 0.1) is 11.2 Å². The predicted octanol–water partition coefficient (Wildman–Crippen LogP) is 3.52. The average molecular weight is 245 g/mol. The molecule has 0 unspecified atom stereocenters. The number of benzene rings is 1. The van der Waals surface area contributed by atoms with E-state index in [1.54, 1.807) is 26.0 Å². The molecule has 88 valence electrons. The van der Waals surface area contributed by atoms with Crippen LogP contribution in [0.1, 0.15) is 25.8 Å². The normalized spacial score (nSPS) is 11.5. The molecular weight excluding hydrogens is 231 g/mol. The Morgan fingerprint density at radius 1 is 1.50 bits per heavy atom. The molecule has 0 amide bonds. The number of hydrogen-bond donors (Lipinski definition) is 1. The monoisotopic (exact) mass is 244 g/mol. The summed E-state index contributed by atoms with van der Waals surface area (Å²) in [5.74, 6) is -1.34. The van der Waals surface area contributed by atoms with Crippen LogP contribution in [0.3, 0.4) is 0 Å². The van der Waals surface area contributed by atoms with Gasteiger partial charge in [0.05, 0.1) is 11.4 Å². The summed E-state index contributed by atoms with van der Waals surface area (Å²) in [6.45, 7) is 3.59. The van der Waals surface area contributed by atoms with Gasteiger partial charge in [-0.05, 0) is 23.5 Å². The first-order chi connectivity index (χ1) is 7.32. The van der Waals surface area contributed by atoms with E-state index in [0.29, 0.717) is 12.0 Å². The molecule has 0 aliphatic heterocycles. The Morgan fingerprint density at radius 2 is 2.12 bits per heavy atom. The third-order valence-electron chi connectivity index (χ3n) is 2.33. The highest BCUT2D eigenvalue weighted by atomic mass is 35.5. The molecule has 0 aliphatic carbocycles. The summed E-state index contributed by atoms with van der Waals surface area (Å²) >= 11 is 5.66. The van der Waals surface area contributed by atoms with E-state index in [4.69, 9.17) is 16.7 Å². The van der Waals surface area contributed by atoms with Crippen LogP contribution in [0.25, 0.3) is 0 Å². The number of halogens is 2. The van der Waals surface area contributed by atoms with Crippen molar-refractivity contribution in [3.05, 3.63) is 34.6 Å². The molecule has 0 aromatic heterocycles. The van der Waals surface area contributed by atoms with Crippen molar-refractivity contribution >= 4 is 17.6 Å². The number of carboxylic acid groups (broad SMARTS) is 1. The molecule has 2 nitrogen and oxygen atoms in total. The highest BCUT2D eigenvalue weighted by Gasteiger charge is 2.24. The van der Waals surface area contributed by atoms with Crippen molar-refractivity contribution in [1.29, 1.82) is 0 Å². The summed E-state index contributed by atoms with van der Waals surface area (Å²) in [5.41, 5.74) is -0.0316. The van der Waals surface area contributed by atoms with Crippen molar-refractivity contribution in [3.63, 3.8) is 0 Å². The van der Waals surface area contributed by atoms with E-state index in [0.717, 1.165) is 0 Å². The smallest absolute Gasteiger partial charge is 0.303 e. The number of rotatable bonds is 4. The first-order valence-electron chi connectivity index (χ1n) is 4.96. The van der Waals surface area contributed by atoms with Gasteiger partial charge in [-0.1, -0.05) is 37.6 Å². The van der Waals surface area contributed by atoms with Crippen molar-refractivity contribution < 1.29 is 14.3 Å². The van der Waals surface area contributed by atoms with Gasteiger partial charge in [0.2, 0.25) is 0 Å². The van der Waals surface area contributed by atoms with Crippen LogP contribution < -0.4 is 0 Å². The molecule has 1 aromatic rings. The average Bonchev–Trinajstić information content (AvgIpc) is 2.10. The highest BCUT2D eigenvalue weighted by molar-refractivity contribution is 6.30. The Bertz CT molecular complexity index is 402. The predicted molar refractivity (Wildman–Crippen MR) is 61.1 cm³/mol. The minimum absolute atomic E-state index is 0.00104. The SMILES string of the molecule is CC(C)(CC(=O)O)Cc1cccc(Cl)c1F. The van der Waals surface area contributed by atoms with Crippen molar-refractivity contribution in [2.45, 2.75) is 26.7 Å². The Labute approximate surface area is 99.0 Å². The third kappa shape index (κ3) is 3.49. The topological polar surface area (TPSA) is 37.3 Å². The fraction of sp³-hybridized carbons (Fsp3) is 0.417. The first-order valence-corrected chi connectivity index (χ1v) is 5.34. The van der Waals surface area contributed by atoms with E-state index >= 15 is 0 Å².